The Balaban J connectivity index is 2.11. The fourth-order valence-electron chi connectivity index (χ4n) is 2.11. The van der Waals surface area contributed by atoms with E-state index >= 15 is 0 Å². The molecule has 6 heteroatoms. The largest absolute Gasteiger partial charge is 0.315 e. The Labute approximate surface area is 137 Å². The van der Waals surface area contributed by atoms with Gasteiger partial charge in [-0.05, 0) is 29.8 Å². The molecule has 0 aliphatic carbocycles. The molecule has 0 radical (unpaired) electrons. The van der Waals surface area contributed by atoms with Crippen molar-refractivity contribution in [3.63, 3.8) is 0 Å². The highest BCUT2D eigenvalue weighted by Gasteiger charge is 2.14. The smallest absolute Gasteiger partial charge is 0.231 e. The predicted octanol–water partition coefficient (Wildman–Crippen LogP) is 2.29. The van der Waals surface area contributed by atoms with Crippen LogP contribution in [0.25, 0.3) is 0 Å². The SMILES string of the molecule is CN(C(=O)Cc1ccccc1)c1ccc(N(C)S(C)(=O)=O)cc1. The maximum atomic E-state index is 12.3. The molecule has 0 saturated heterocycles. The molecule has 0 N–H and O–H groups in total. The van der Waals surface area contributed by atoms with Crippen LogP contribution in [0, 0.1) is 0 Å². The highest BCUT2D eigenvalue weighted by atomic mass is 32.2. The van der Waals surface area contributed by atoms with Crippen molar-refractivity contribution in [3.8, 4) is 0 Å². The van der Waals surface area contributed by atoms with Crippen molar-refractivity contribution in [1.29, 1.82) is 0 Å². The zero-order valence-corrected chi connectivity index (χ0v) is 14.2. The van der Waals surface area contributed by atoms with Crippen LogP contribution >= 0.6 is 0 Å². The summed E-state index contributed by atoms with van der Waals surface area (Å²) in [6.07, 6.45) is 1.47. The van der Waals surface area contributed by atoms with Gasteiger partial charge in [0.15, 0.2) is 0 Å². The first-order valence-corrected chi connectivity index (χ1v) is 8.98. The first-order chi connectivity index (χ1) is 10.8. The number of anilines is 2. The maximum Gasteiger partial charge on any atom is 0.231 e. The van der Waals surface area contributed by atoms with Crippen LogP contribution < -0.4 is 9.21 Å². The third-order valence-electron chi connectivity index (χ3n) is 3.67. The van der Waals surface area contributed by atoms with Gasteiger partial charge in [-0.2, -0.15) is 0 Å². The van der Waals surface area contributed by atoms with E-state index in [2.05, 4.69) is 0 Å². The molecule has 2 rings (SSSR count). The molecule has 0 saturated carbocycles. The van der Waals surface area contributed by atoms with Gasteiger partial charge in [-0.15, -0.1) is 0 Å². The molecule has 2 aromatic rings. The topological polar surface area (TPSA) is 57.7 Å². The number of rotatable bonds is 5. The number of benzene rings is 2. The number of carbonyl (C=O) groups is 1. The average Bonchev–Trinajstić information content (AvgIpc) is 2.53. The number of hydrogen-bond donors (Lipinski definition) is 0. The van der Waals surface area contributed by atoms with Crippen LogP contribution in [0.15, 0.2) is 54.6 Å². The van der Waals surface area contributed by atoms with Gasteiger partial charge >= 0.3 is 0 Å². The third kappa shape index (κ3) is 4.32. The molecular formula is C17H20N2O3S. The van der Waals surface area contributed by atoms with Gasteiger partial charge < -0.3 is 4.90 Å². The number of nitrogens with zero attached hydrogens (tertiary/aromatic N) is 2. The molecule has 0 aromatic heterocycles. The lowest BCUT2D eigenvalue weighted by molar-refractivity contribution is -0.117. The lowest BCUT2D eigenvalue weighted by Gasteiger charge is -2.20. The van der Waals surface area contributed by atoms with E-state index in [-0.39, 0.29) is 5.91 Å². The molecule has 0 fully saturated rings. The van der Waals surface area contributed by atoms with Crippen molar-refractivity contribution >= 4 is 27.3 Å². The Hall–Kier alpha value is -2.34. The Morgan fingerprint density at radius 3 is 1.96 bits per heavy atom. The second-order valence-corrected chi connectivity index (χ2v) is 7.38. The number of carbonyl (C=O) groups excluding carboxylic acids is 1. The summed E-state index contributed by atoms with van der Waals surface area (Å²) in [6.45, 7) is 0. The second-order valence-electron chi connectivity index (χ2n) is 5.36. The number of sulfonamides is 1. The molecule has 2 aromatic carbocycles. The van der Waals surface area contributed by atoms with Gasteiger partial charge in [-0.25, -0.2) is 8.42 Å². The fourth-order valence-corrected chi connectivity index (χ4v) is 2.62. The van der Waals surface area contributed by atoms with E-state index in [9.17, 15) is 13.2 Å². The van der Waals surface area contributed by atoms with E-state index in [4.69, 9.17) is 0 Å². The maximum absolute atomic E-state index is 12.3. The molecular weight excluding hydrogens is 312 g/mol. The Kier molecular flexibility index (Phi) is 5.05. The lowest BCUT2D eigenvalue weighted by atomic mass is 10.1. The van der Waals surface area contributed by atoms with Crippen LogP contribution in [-0.2, 0) is 21.2 Å². The van der Waals surface area contributed by atoms with Crippen LogP contribution in [0.5, 0.6) is 0 Å². The molecule has 1 amide bonds. The van der Waals surface area contributed by atoms with Crippen molar-refractivity contribution < 1.29 is 13.2 Å². The summed E-state index contributed by atoms with van der Waals surface area (Å²) in [5, 5.41) is 0. The zero-order valence-electron chi connectivity index (χ0n) is 13.4. The molecule has 0 aliphatic rings. The van der Waals surface area contributed by atoms with Gasteiger partial charge in [-0.3, -0.25) is 9.10 Å². The average molecular weight is 332 g/mol. The van der Waals surface area contributed by atoms with Crippen molar-refractivity contribution in [2.45, 2.75) is 6.42 Å². The summed E-state index contributed by atoms with van der Waals surface area (Å²) in [4.78, 5) is 13.9. The Bertz CT molecular complexity index is 771. The molecule has 0 atom stereocenters. The van der Waals surface area contributed by atoms with Crippen molar-refractivity contribution in [2.75, 3.05) is 29.6 Å². The van der Waals surface area contributed by atoms with Crippen molar-refractivity contribution in [1.82, 2.24) is 0 Å². The Morgan fingerprint density at radius 2 is 1.43 bits per heavy atom. The lowest BCUT2D eigenvalue weighted by Crippen LogP contribution is -2.28. The highest BCUT2D eigenvalue weighted by molar-refractivity contribution is 7.92. The summed E-state index contributed by atoms with van der Waals surface area (Å²) in [5.41, 5.74) is 2.23. The van der Waals surface area contributed by atoms with Gasteiger partial charge in [0.2, 0.25) is 15.9 Å². The number of hydrogen-bond acceptors (Lipinski definition) is 3. The Morgan fingerprint density at radius 1 is 0.913 bits per heavy atom. The zero-order chi connectivity index (χ0) is 17.0. The molecule has 0 unspecified atom stereocenters. The van der Waals surface area contributed by atoms with E-state index in [0.717, 1.165) is 17.5 Å². The standard InChI is InChI=1S/C17H20N2O3S/c1-18(17(20)13-14-7-5-4-6-8-14)15-9-11-16(12-10-15)19(2)23(3,21)22/h4-12H,13H2,1-3H3. The minimum Gasteiger partial charge on any atom is -0.315 e. The molecule has 122 valence electrons. The van der Waals surface area contributed by atoms with Crippen LogP contribution in [-0.4, -0.2) is 34.7 Å². The molecule has 23 heavy (non-hydrogen) atoms. The van der Waals surface area contributed by atoms with Gasteiger partial charge in [0.25, 0.3) is 0 Å². The van der Waals surface area contributed by atoms with Crippen LogP contribution in [0.3, 0.4) is 0 Å². The number of likely N-dealkylation sites (N-methyl/N-ethyl adjacent to an activating group) is 1. The normalized spacial score (nSPS) is 11.1. The van der Waals surface area contributed by atoms with Crippen LogP contribution in [0.4, 0.5) is 11.4 Å². The highest BCUT2D eigenvalue weighted by Crippen LogP contribution is 2.21. The van der Waals surface area contributed by atoms with Gasteiger partial charge in [0, 0.05) is 19.8 Å². The molecule has 0 bridgehead atoms. The van der Waals surface area contributed by atoms with Gasteiger partial charge in [-0.1, -0.05) is 30.3 Å². The minimum atomic E-state index is -3.29. The first-order valence-electron chi connectivity index (χ1n) is 7.13. The molecule has 5 nitrogen and oxygen atoms in total. The fraction of sp³-hybridized carbons (Fsp3) is 0.235. The van der Waals surface area contributed by atoms with Crippen LogP contribution in [0.1, 0.15) is 5.56 Å². The summed E-state index contributed by atoms with van der Waals surface area (Å²) >= 11 is 0. The quantitative estimate of drug-likeness (QED) is 0.844. The molecule has 0 spiro atoms. The molecule has 0 aliphatic heterocycles. The summed E-state index contributed by atoms with van der Waals surface area (Å²) in [5.74, 6) is -0.0274. The minimum absolute atomic E-state index is 0.0274. The monoisotopic (exact) mass is 332 g/mol. The van der Waals surface area contributed by atoms with Crippen molar-refractivity contribution in [2.24, 2.45) is 0 Å². The van der Waals surface area contributed by atoms with E-state index in [1.165, 1.54) is 11.4 Å². The number of amides is 1. The summed E-state index contributed by atoms with van der Waals surface area (Å²) in [7, 11) is -0.0897. The van der Waals surface area contributed by atoms with E-state index in [1.54, 1.807) is 36.2 Å². The van der Waals surface area contributed by atoms with Crippen molar-refractivity contribution in [3.05, 3.63) is 60.2 Å². The summed E-state index contributed by atoms with van der Waals surface area (Å²) < 4.78 is 24.2. The van der Waals surface area contributed by atoms with Gasteiger partial charge in [0.05, 0.1) is 18.4 Å². The third-order valence-corrected chi connectivity index (χ3v) is 4.88. The summed E-state index contributed by atoms with van der Waals surface area (Å²) in [6, 6.07) is 16.4. The second kappa shape index (κ2) is 6.83. The first kappa shape index (κ1) is 17.0. The van der Waals surface area contributed by atoms with E-state index in [1.807, 2.05) is 30.3 Å². The van der Waals surface area contributed by atoms with E-state index < -0.39 is 10.0 Å². The van der Waals surface area contributed by atoms with Crippen LogP contribution in [0.2, 0.25) is 0 Å². The van der Waals surface area contributed by atoms with Gasteiger partial charge in [0.1, 0.15) is 0 Å². The molecule has 0 heterocycles. The van der Waals surface area contributed by atoms with E-state index in [0.29, 0.717) is 12.1 Å². The predicted molar refractivity (Wildman–Crippen MR) is 93.2 cm³/mol.